The van der Waals surface area contributed by atoms with Crippen LogP contribution in [-0.4, -0.2) is 34.7 Å². The molecule has 0 amide bonds. The highest BCUT2D eigenvalue weighted by molar-refractivity contribution is 7.99. The van der Waals surface area contributed by atoms with Crippen LogP contribution in [0.5, 0.6) is 11.5 Å². The van der Waals surface area contributed by atoms with Crippen molar-refractivity contribution in [3.05, 3.63) is 65.0 Å². The van der Waals surface area contributed by atoms with Gasteiger partial charge in [0.1, 0.15) is 0 Å². The van der Waals surface area contributed by atoms with Gasteiger partial charge >= 0.3 is 0 Å². The summed E-state index contributed by atoms with van der Waals surface area (Å²) in [6.45, 7) is 0.454. The summed E-state index contributed by atoms with van der Waals surface area (Å²) in [5.41, 5.74) is 0.803. The minimum absolute atomic E-state index is 0.255. The average molecular weight is 355 g/mol. The Hall–Kier alpha value is -2.80. The first kappa shape index (κ1) is 17.0. The van der Waals surface area contributed by atoms with Crippen molar-refractivity contribution in [3.63, 3.8) is 0 Å². The molecule has 0 aliphatic heterocycles. The number of hydrogen-bond donors (Lipinski definition) is 1. The van der Waals surface area contributed by atoms with Crippen LogP contribution in [0, 0.1) is 0 Å². The lowest BCUT2D eigenvalue weighted by Crippen LogP contribution is -2.14. The first-order chi connectivity index (χ1) is 12.3. The maximum Gasteiger partial charge on any atom is 0.278 e. The number of nitrogens with one attached hydrogen (secondary N) is 1. The molecule has 0 atom stereocenters. The van der Waals surface area contributed by atoms with Crippen LogP contribution < -0.4 is 15.0 Å². The van der Waals surface area contributed by atoms with Crippen molar-refractivity contribution < 1.29 is 9.47 Å². The van der Waals surface area contributed by atoms with Crippen molar-refractivity contribution in [1.29, 1.82) is 0 Å². The highest BCUT2D eigenvalue weighted by atomic mass is 32.2. The number of benzene rings is 2. The van der Waals surface area contributed by atoms with Gasteiger partial charge in [0, 0.05) is 11.3 Å². The zero-order valence-electron chi connectivity index (χ0n) is 13.6. The van der Waals surface area contributed by atoms with E-state index in [1.54, 1.807) is 7.11 Å². The van der Waals surface area contributed by atoms with E-state index >= 15 is 0 Å². The molecule has 0 aliphatic rings. The van der Waals surface area contributed by atoms with Crippen LogP contribution in [0.25, 0.3) is 11.3 Å². The molecule has 3 aromatic rings. The van der Waals surface area contributed by atoms with Crippen LogP contribution in [0.1, 0.15) is 0 Å². The standard InChI is InChI=1S/C18H17N3O3S/c1-23-14-9-5-6-10-15(14)24-11-12-25-18-19-17(22)16(20-21-18)13-7-3-2-4-8-13/h2-10H,11-12H2,1H3,(H,19,21,22). The van der Waals surface area contributed by atoms with Gasteiger partial charge in [-0.25, -0.2) is 0 Å². The topological polar surface area (TPSA) is 77.1 Å². The lowest BCUT2D eigenvalue weighted by Gasteiger charge is -2.09. The minimum Gasteiger partial charge on any atom is -0.493 e. The molecule has 128 valence electrons. The maximum absolute atomic E-state index is 12.2. The second kappa shape index (κ2) is 8.34. The number of H-pyrrole nitrogens is 1. The second-order valence-electron chi connectivity index (χ2n) is 5.02. The Balaban J connectivity index is 1.57. The molecule has 0 saturated heterocycles. The van der Waals surface area contributed by atoms with Gasteiger partial charge in [0.25, 0.3) is 5.56 Å². The van der Waals surface area contributed by atoms with Crippen molar-refractivity contribution in [2.24, 2.45) is 0 Å². The molecule has 25 heavy (non-hydrogen) atoms. The Morgan fingerprint density at radius 1 is 1.00 bits per heavy atom. The second-order valence-corrected chi connectivity index (χ2v) is 6.11. The molecule has 1 aromatic heterocycles. The van der Waals surface area contributed by atoms with Gasteiger partial charge in [-0.3, -0.25) is 9.78 Å². The van der Waals surface area contributed by atoms with E-state index in [1.807, 2.05) is 54.6 Å². The minimum atomic E-state index is -0.255. The molecule has 7 heteroatoms. The third-order valence-electron chi connectivity index (χ3n) is 3.37. The first-order valence-corrected chi connectivity index (χ1v) is 8.67. The lowest BCUT2D eigenvalue weighted by atomic mass is 10.2. The molecule has 0 aliphatic carbocycles. The molecule has 3 rings (SSSR count). The molecule has 0 fully saturated rings. The third-order valence-corrected chi connectivity index (χ3v) is 4.20. The molecular weight excluding hydrogens is 338 g/mol. The number of hydrogen-bond acceptors (Lipinski definition) is 6. The summed E-state index contributed by atoms with van der Waals surface area (Å²) >= 11 is 1.38. The molecule has 0 unspecified atom stereocenters. The molecule has 2 aromatic carbocycles. The van der Waals surface area contributed by atoms with Crippen molar-refractivity contribution in [2.75, 3.05) is 19.5 Å². The fourth-order valence-electron chi connectivity index (χ4n) is 2.20. The molecule has 0 spiro atoms. The fraction of sp³-hybridized carbons (Fsp3) is 0.167. The number of para-hydroxylation sites is 2. The van der Waals surface area contributed by atoms with Gasteiger partial charge in [0.2, 0.25) is 0 Å². The Bertz CT molecular complexity index is 884. The van der Waals surface area contributed by atoms with Crippen LogP contribution in [-0.2, 0) is 0 Å². The van der Waals surface area contributed by atoms with Crippen molar-refractivity contribution in [1.82, 2.24) is 15.2 Å². The van der Waals surface area contributed by atoms with Crippen LogP contribution in [0.15, 0.2) is 64.5 Å². The summed E-state index contributed by atoms with van der Waals surface area (Å²) in [6, 6.07) is 16.7. The Kier molecular flexibility index (Phi) is 5.69. The highest BCUT2D eigenvalue weighted by Crippen LogP contribution is 2.26. The van der Waals surface area contributed by atoms with E-state index < -0.39 is 0 Å². The maximum atomic E-state index is 12.2. The summed E-state index contributed by atoms with van der Waals surface area (Å²) < 4.78 is 10.9. The smallest absolute Gasteiger partial charge is 0.278 e. The lowest BCUT2D eigenvalue weighted by molar-refractivity contribution is 0.313. The molecule has 0 saturated carbocycles. The number of thioether (sulfide) groups is 1. The fourth-order valence-corrected chi connectivity index (χ4v) is 2.82. The van der Waals surface area contributed by atoms with Gasteiger partial charge in [-0.05, 0) is 12.1 Å². The largest absolute Gasteiger partial charge is 0.493 e. The number of ether oxygens (including phenoxy) is 2. The third kappa shape index (κ3) is 4.39. The van der Waals surface area contributed by atoms with Gasteiger partial charge in [-0.2, -0.15) is 0 Å². The predicted octanol–water partition coefficient (Wildman–Crippen LogP) is 3.01. The van der Waals surface area contributed by atoms with E-state index in [1.165, 1.54) is 11.8 Å². The number of aromatic amines is 1. The molecule has 6 nitrogen and oxygen atoms in total. The van der Waals surface area contributed by atoms with Crippen LogP contribution in [0.3, 0.4) is 0 Å². The molecular formula is C18H17N3O3S. The van der Waals surface area contributed by atoms with Crippen molar-refractivity contribution in [2.45, 2.75) is 5.16 Å². The van der Waals surface area contributed by atoms with Crippen molar-refractivity contribution >= 4 is 11.8 Å². The first-order valence-electron chi connectivity index (χ1n) is 7.69. The highest BCUT2D eigenvalue weighted by Gasteiger charge is 2.08. The average Bonchev–Trinajstić information content (AvgIpc) is 2.66. The van der Waals surface area contributed by atoms with E-state index in [4.69, 9.17) is 9.47 Å². The van der Waals surface area contributed by atoms with Crippen LogP contribution in [0.4, 0.5) is 0 Å². The molecule has 1 heterocycles. The number of rotatable bonds is 7. The van der Waals surface area contributed by atoms with Crippen LogP contribution >= 0.6 is 11.8 Å². The van der Waals surface area contributed by atoms with E-state index in [-0.39, 0.29) is 5.56 Å². The predicted molar refractivity (Wildman–Crippen MR) is 97.3 cm³/mol. The van der Waals surface area contributed by atoms with E-state index in [2.05, 4.69) is 15.2 Å². The zero-order valence-corrected chi connectivity index (χ0v) is 14.5. The molecule has 0 bridgehead atoms. The van der Waals surface area contributed by atoms with E-state index in [0.717, 1.165) is 5.56 Å². The summed E-state index contributed by atoms with van der Waals surface area (Å²) in [7, 11) is 1.60. The quantitative estimate of drug-likeness (QED) is 0.519. The summed E-state index contributed by atoms with van der Waals surface area (Å²) in [5.74, 6) is 1.99. The summed E-state index contributed by atoms with van der Waals surface area (Å²) in [6.07, 6.45) is 0. The van der Waals surface area contributed by atoms with Gasteiger partial charge in [0.05, 0.1) is 13.7 Å². The monoisotopic (exact) mass is 355 g/mol. The summed E-state index contributed by atoms with van der Waals surface area (Å²) in [5, 5.41) is 8.57. The van der Waals surface area contributed by atoms with Crippen LogP contribution in [0.2, 0.25) is 0 Å². The number of aromatic nitrogens is 3. The SMILES string of the molecule is COc1ccccc1OCCSc1nnc(-c2ccccc2)c(=O)[nH]1. The Morgan fingerprint density at radius 2 is 1.72 bits per heavy atom. The van der Waals surface area contributed by atoms with E-state index in [9.17, 15) is 4.79 Å². The van der Waals surface area contributed by atoms with Gasteiger partial charge in [0.15, 0.2) is 22.3 Å². The van der Waals surface area contributed by atoms with Crippen molar-refractivity contribution in [3.8, 4) is 22.8 Å². The number of methoxy groups -OCH3 is 1. The molecule has 0 radical (unpaired) electrons. The number of nitrogens with zero attached hydrogens (tertiary/aromatic N) is 2. The Morgan fingerprint density at radius 3 is 2.44 bits per heavy atom. The van der Waals surface area contributed by atoms with Gasteiger partial charge in [-0.1, -0.05) is 54.2 Å². The van der Waals surface area contributed by atoms with Gasteiger partial charge < -0.3 is 9.47 Å². The molecule has 1 N–H and O–H groups in total. The van der Waals surface area contributed by atoms with Gasteiger partial charge in [-0.15, -0.1) is 10.2 Å². The van der Waals surface area contributed by atoms with E-state index in [0.29, 0.717) is 34.7 Å². The Labute approximate surface area is 149 Å². The zero-order chi connectivity index (χ0) is 17.5. The summed E-state index contributed by atoms with van der Waals surface area (Å²) in [4.78, 5) is 14.9. The normalized spacial score (nSPS) is 10.4.